The summed E-state index contributed by atoms with van der Waals surface area (Å²) in [6, 6.07) is 0. The first-order chi connectivity index (χ1) is 7.88. The topological polar surface area (TPSA) is 99.5 Å². The maximum Gasteiger partial charge on any atom is 0.327 e. The maximum absolute atomic E-state index is 9.25. The van der Waals surface area contributed by atoms with E-state index in [-0.39, 0.29) is 18.8 Å². The van der Waals surface area contributed by atoms with Gasteiger partial charge in [0.05, 0.1) is 19.3 Å². The Kier molecular flexibility index (Phi) is 13.0. The van der Waals surface area contributed by atoms with Crippen molar-refractivity contribution in [2.24, 2.45) is 0 Å². The predicted molar refractivity (Wildman–Crippen MR) is 63.0 cm³/mol. The molecule has 1 heterocycles. The van der Waals surface area contributed by atoms with E-state index >= 15 is 0 Å². The number of carboxylic acid groups (broad SMARTS) is 1. The SMILES string of the molecule is C=CC(=O)O.CC1OC1Cl.COCC(O)CO. The second kappa shape index (κ2) is 11.8. The van der Waals surface area contributed by atoms with E-state index in [1.165, 1.54) is 7.11 Å². The molecule has 1 aliphatic heterocycles. The lowest BCUT2D eigenvalue weighted by molar-refractivity contribution is -0.131. The molecule has 0 bridgehead atoms. The summed E-state index contributed by atoms with van der Waals surface area (Å²) < 4.78 is 9.17. The molecule has 1 aliphatic rings. The maximum atomic E-state index is 9.25. The van der Waals surface area contributed by atoms with Crippen molar-refractivity contribution < 1.29 is 29.6 Å². The molecule has 1 saturated heterocycles. The van der Waals surface area contributed by atoms with Gasteiger partial charge in [0, 0.05) is 13.2 Å². The van der Waals surface area contributed by atoms with Gasteiger partial charge < -0.3 is 24.8 Å². The third kappa shape index (κ3) is 17.9. The minimum Gasteiger partial charge on any atom is -0.478 e. The normalized spacial score (nSPS) is 22.2. The van der Waals surface area contributed by atoms with Crippen LogP contribution >= 0.6 is 11.6 Å². The average Bonchev–Trinajstić information content (AvgIpc) is 2.94. The van der Waals surface area contributed by atoms with E-state index < -0.39 is 12.1 Å². The number of carbonyl (C=O) groups is 1. The molecule has 6 nitrogen and oxygen atoms in total. The van der Waals surface area contributed by atoms with Gasteiger partial charge in [0.2, 0.25) is 0 Å². The fourth-order valence-electron chi connectivity index (χ4n) is 0.405. The number of aliphatic carboxylic acids is 1. The van der Waals surface area contributed by atoms with Gasteiger partial charge in [-0.05, 0) is 6.92 Å². The van der Waals surface area contributed by atoms with Crippen LogP contribution in [0.25, 0.3) is 0 Å². The lowest BCUT2D eigenvalue weighted by atomic mass is 10.4. The molecule has 0 aliphatic carbocycles. The van der Waals surface area contributed by atoms with Crippen LogP contribution in [0.3, 0.4) is 0 Å². The quantitative estimate of drug-likeness (QED) is 0.384. The third-order valence-electron chi connectivity index (χ3n) is 1.38. The van der Waals surface area contributed by atoms with E-state index in [1.807, 2.05) is 6.92 Å². The summed E-state index contributed by atoms with van der Waals surface area (Å²) in [6.07, 6.45) is 0.432. The molecule has 0 aromatic rings. The van der Waals surface area contributed by atoms with Crippen LogP contribution < -0.4 is 0 Å². The number of methoxy groups -OCH3 is 1. The monoisotopic (exact) mass is 270 g/mol. The van der Waals surface area contributed by atoms with Gasteiger partial charge in [-0.25, -0.2) is 4.79 Å². The molecule has 0 radical (unpaired) electrons. The minimum absolute atomic E-state index is 0.0231. The molecule has 7 heteroatoms. The van der Waals surface area contributed by atoms with Crippen LogP contribution in [0.15, 0.2) is 12.7 Å². The van der Waals surface area contributed by atoms with Gasteiger partial charge >= 0.3 is 5.97 Å². The van der Waals surface area contributed by atoms with Crippen molar-refractivity contribution in [2.75, 3.05) is 20.3 Å². The number of alkyl halides is 1. The van der Waals surface area contributed by atoms with E-state index in [0.717, 1.165) is 6.08 Å². The Morgan fingerprint density at radius 3 is 2.12 bits per heavy atom. The highest BCUT2D eigenvalue weighted by atomic mass is 35.5. The highest BCUT2D eigenvalue weighted by Gasteiger charge is 2.30. The molecule has 0 aromatic carbocycles. The number of halogens is 1. The number of ether oxygens (including phenoxy) is 2. The van der Waals surface area contributed by atoms with Crippen molar-refractivity contribution in [2.45, 2.75) is 24.7 Å². The Morgan fingerprint density at radius 1 is 1.71 bits per heavy atom. The highest BCUT2D eigenvalue weighted by molar-refractivity contribution is 6.21. The van der Waals surface area contributed by atoms with Crippen LogP contribution in [0.4, 0.5) is 0 Å². The van der Waals surface area contributed by atoms with Crippen molar-refractivity contribution in [3.8, 4) is 0 Å². The van der Waals surface area contributed by atoms with Crippen molar-refractivity contribution in [1.29, 1.82) is 0 Å². The summed E-state index contributed by atoms with van der Waals surface area (Å²) in [7, 11) is 1.47. The van der Waals surface area contributed by atoms with E-state index in [0.29, 0.717) is 6.10 Å². The molecule has 0 spiro atoms. The fourth-order valence-corrected chi connectivity index (χ4v) is 0.567. The molecular weight excluding hydrogens is 252 g/mol. The molecule has 3 unspecified atom stereocenters. The molecule has 0 amide bonds. The Balaban J connectivity index is 0. The van der Waals surface area contributed by atoms with Gasteiger partial charge in [-0.2, -0.15) is 0 Å². The van der Waals surface area contributed by atoms with Crippen LogP contribution in [0.1, 0.15) is 6.92 Å². The average molecular weight is 271 g/mol. The van der Waals surface area contributed by atoms with Gasteiger partial charge in [0.25, 0.3) is 0 Å². The first kappa shape index (κ1) is 18.7. The number of carboxylic acids is 1. The van der Waals surface area contributed by atoms with Crippen molar-refractivity contribution in [3.63, 3.8) is 0 Å². The molecule has 3 atom stereocenters. The highest BCUT2D eigenvalue weighted by Crippen LogP contribution is 2.23. The number of hydrogen-bond acceptors (Lipinski definition) is 5. The third-order valence-corrected chi connectivity index (χ3v) is 1.84. The first-order valence-corrected chi connectivity index (χ1v) is 5.25. The Hall–Kier alpha value is -0.660. The molecule has 102 valence electrons. The molecule has 0 saturated carbocycles. The Morgan fingerprint density at radius 2 is 2.06 bits per heavy atom. The Bertz CT molecular complexity index is 205. The largest absolute Gasteiger partial charge is 0.478 e. The van der Waals surface area contributed by atoms with Crippen LogP contribution in [-0.4, -0.2) is 59.4 Å². The smallest absolute Gasteiger partial charge is 0.327 e. The zero-order valence-electron chi connectivity index (χ0n) is 9.88. The molecule has 3 N–H and O–H groups in total. The van der Waals surface area contributed by atoms with E-state index in [1.54, 1.807) is 0 Å². The van der Waals surface area contributed by atoms with E-state index in [2.05, 4.69) is 16.1 Å². The molecule has 1 rings (SSSR count). The van der Waals surface area contributed by atoms with Gasteiger partial charge in [-0.15, -0.1) is 0 Å². The summed E-state index contributed by atoms with van der Waals surface area (Å²) >= 11 is 5.31. The van der Waals surface area contributed by atoms with Crippen molar-refractivity contribution >= 4 is 17.6 Å². The number of aliphatic hydroxyl groups is 2. The van der Waals surface area contributed by atoms with E-state index in [4.69, 9.17) is 26.9 Å². The number of epoxide rings is 1. The van der Waals surface area contributed by atoms with Crippen molar-refractivity contribution in [3.05, 3.63) is 12.7 Å². The molecular formula is C10H19ClO6. The second-order valence-electron chi connectivity index (χ2n) is 3.03. The number of hydrogen-bond donors (Lipinski definition) is 3. The summed E-state index contributed by atoms with van der Waals surface area (Å²) in [5.41, 5.74) is 0.0231. The van der Waals surface area contributed by atoms with Gasteiger partial charge in [-0.1, -0.05) is 18.2 Å². The lowest BCUT2D eigenvalue weighted by Gasteiger charge is -2.01. The zero-order chi connectivity index (χ0) is 13.8. The van der Waals surface area contributed by atoms with Gasteiger partial charge in [-0.3, -0.25) is 0 Å². The Labute approximate surface area is 105 Å². The van der Waals surface area contributed by atoms with Crippen LogP contribution in [0.5, 0.6) is 0 Å². The second-order valence-corrected chi connectivity index (χ2v) is 3.46. The molecule has 17 heavy (non-hydrogen) atoms. The van der Waals surface area contributed by atoms with Gasteiger partial charge in [0.15, 0.2) is 5.56 Å². The number of aliphatic hydroxyl groups excluding tert-OH is 2. The minimum atomic E-state index is -0.981. The summed E-state index contributed by atoms with van der Waals surface area (Å²) in [6.45, 7) is 4.88. The standard InChI is InChI=1S/C4H10O3.C3H5ClO.C3H4O2/c1-7-3-4(6)2-5;1-2-3(4)5-2;1-2-3(4)5/h4-6H,2-3H2,1H3;2-3H,1H3;2H,1H2,(H,4,5). The fraction of sp³-hybridized carbons (Fsp3) is 0.700. The van der Waals surface area contributed by atoms with Crippen LogP contribution in [0, 0.1) is 0 Å². The lowest BCUT2D eigenvalue weighted by Crippen LogP contribution is -2.17. The van der Waals surface area contributed by atoms with Crippen molar-refractivity contribution in [1.82, 2.24) is 0 Å². The molecule has 1 fully saturated rings. The number of rotatable bonds is 4. The van der Waals surface area contributed by atoms with Crippen LogP contribution in [0.2, 0.25) is 0 Å². The first-order valence-electron chi connectivity index (χ1n) is 4.81. The van der Waals surface area contributed by atoms with Crippen LogP contribution in [-0.2, 0) is 14.3 Å². The van der Waals surface area contributed by atoms with Gasteiger partial charge in [0.1, 0.15) is 6.10 Å². The summed E-state index contributed by atoms with van der Waals surface area (Å²) in [5, 5.41) is 24.2. The summed E-state index contributed by atoms with van der Waals surface area (Å²) in [4.78, 5) is 9.25. The summed E-state index contributed by atoms with van der Waals surface area (Å²) in [5.74, 6) is -0.981. The van der Waals surface area contributed by atoms with E-state index in [9.17, 15) is 4.79 Å². The predicted octanol–water partition coefficient (Wildman–Crippen LogP) is 0.213. The zero-order valence-corrected chi connectivity index (χ0v) is 10.6. The molecule has 0 aromatic heterocycles.